The normalized spacial score (nSPS) is 16.5. The smallest absolute Gasteiger partial charge is 0.0340 e. The Balaban J connectivity index is 1.74. The summed E-state index contributed by atoms with van der Waals surface area (Å²) in [6.07, 6.45) is 10.6. The predicted octanol–water partition coefficient (Wildman–Crippen LogP) is 4.28. The van der Waals surface area contributed by atoms with E-state index in [0.717, 1.165) is 25.4 Å². The Labute approximate surface area is 117 Å². The van der Waals surface area contributed by atoms with Crippen LogP contribution in [0.1, 0.15) is 62.8 Å². The summed E-state index contributed by atoms with van der Waals surface area (Å²) in [6, 6.07) is 9.12. The molecule has 0 amide bonds. The van der Waals surface area contributed by atoms with Crippen molar-refractivity contribution in [3.63, 3.8) is 0 Å². The highest BCUT2D eigenvalue weighted by molar-refractivity contribution is 5.45. The van der Waals surface area contributed by atoms with E-state index in [9.17, 15) is 0 Å². The molecule has 1 aliphatic carbocycles. The Morgan fingerprint density at radius 1 is 0.947 bits per heavy atom. The molecule has 1 fully saturated rings. The molecule has 0 heterocycles. The summed E-state index contributed by atoms with van der Waals surface area (Å²) in [5.74, 6) is 0.812. The fraction of sp³-hybridized carbons (Fsp3) is 0.647. The van der Waals surface area contributed by atoms with E-state index in [4.69, 9.17) is 5.73 Å². The lowest BCUT2D eigenvalue weighted by Gasteiger charge is -2.22. The molecule has 0 aromatic heterocycles. The number of nitrogens with two attached hydrogens (primary N) is 1. The second-order valence-corrected chi connectivity index (χ2v) is 5.73. The average Bonchev–Trinajstić information content (AvgIpc) is 2.49. The molecular formula is C17H28N2. The third kappa shape index (κ3) is 4.87. The van der Waals surface area contributed by atoms with E-state index in [1.165, 1.54) is 56.2 Å². The molecular weight excluding hydrogens is 232 g/mol. The van der Waals surface area contributed by atoms with E-state index in [2.05, 4.69) is 29.6 Å². The van der Waals surface area contributed by atoms with Gasteiger partial charge in [-0.3, -0.25) is 0 Å². The average molecular weight is 260 g/mol. The van der Waals surface area contributed by atoms with E-state index in [1.54, 1.807) is 0 Å². The van der Waals surface area contributed by atoms with Gasteiger partial charge in [0.1, 0.15) is 0 Å². The van der Waals surface area contributed by atoms with Crippen molar-refractivity contribution in [1.29, 1.82) is 0 Å². The number of rotatable bonds is 7. The summed E-state index contributed by atoms with van der Waals surface area (Å²) in [4.78, 5) is 0. The first-order valence-corrected chi connectivity index (χ1v) is 7.94. The van der Waals surface area contributed by atoms with Gasteiger partial charge in [-0.1, -0.05) is 37.8 Å². The first-order valence-electron chi connectivity index (χ1n) is 7.94. The van der Waals surface area contributed by atoms with Crippen LogP contribution in [0.3, 0.4) is 0 Å². The predicted molar refractivity (Wildman–Crippen MR) is 83.7 cm³/mol. The largest absolute Gasteiger partial charge is 0.385 e. The molecule has 2 heteroatoms. The summed E-state index contributed by atoms with van der Waals surface area (Å²) < 4.78 is 0. The van der Waals surface area contributed by atoms with Gasteiger partial charge in [0.15, 0.2) is 0 Å². The maximum Gasteiger partial charge on any atom is 0.0340 e. The molecule has 1 aromatic carbocycles. The Bertz CT molecular complexity index is 339. The van der Waals surface area contributed by atoms with Crippen LogP contribution in [0.5, 0.6) is 0 Å². The van der Waals surface area contributed by atoms with E-state index < -0.39 is 0 Å². The molecule has 1 aromatic rings. The zero-order valence-corrected chi connectivity index (χ0v) is 12.0. The van der Waals surface area contributed by atoms with Crippen LogP contribution in [0.25, 0.3) is 0 Å². The number of unbranched alkanes of at least 4 members (excludes halogenated alkanes) is 2. The van der Waals surface area contributed by atoms with Gasteiger partial charge in [0.2, 0.25) is 0 Å². The minimum absolute atomic E-state index is 0.812. The molecule has 0 unspecified atom stereocenters. The van der Waals surface area contributed by atoms with E-state index in [0.29, 0.717) is 0 Å². The van der Waals surface area contributed by atoms with Crippen LogP contribution in [-0.2, 0) is 0 Å². The first kappa shape index (κ1) is 14.4. The van der Waals surface area contributed by atoms with Crippen molar-refractivity contribution in [2.24, 2.45) is 5.73 Å². The molecule has 106 valence electrons. The SMILES string of the molecule is NCCCCCNc1ccc(C2CCCCC2)cc1. The number of nitrogens with one attached hydrogen (secondary N) is 1. The van der Waals surface area contributed by atoms with E-state index >= 15 is 0 Å². The van der Waals surface area contributed by atoms with Crippen molar-refractivity contribution >= 4 is 5.69 Å². The molecule has 1 aliphatic rings. The van der Waals surface area contributed by atoms with Gasteiger partial charge in [-0.25, -0.2) is 0 Å². The number of benzene rings is 1. The van der Waals surface area contributed by atoms with Crippen LogP contribution in [-0.4, -0.2) is 13.1 Å². The number of hydrogen-bond donors (Lipinski definition) is 2. The van der Waals surface area contributed by atoms with Gasteiger partial charge >= 0.3 is 0 Å². The summed E-state index contributed by atoms with van der Waals surface area (Å²) in [5.41, 5.74) is 8.28. The van der Waals surface area contributed by atoms with E-state index in [1.807, 2.05) is 0 Å². The highest BCUT2D eigenvalue weighted by atomic mass is 14.9. The second kappa shape index (κ2) is 8.21. The van der Waals surface area contributed by atoms with Crippen molar-refractivity contribution in [3.8, 4) is 0 Å². The van der Waals surface area contributed by atoms with Crippen LogP contribution < -0.4 is 11.1 Å². The van der Waals surface area contributed by atoms with Crippen LogP contribution in [0.2, 0.25) is 0 Å². The van der Waals surface area contributed by atoms with Crippen LogP contribution in [0, 0.1) is 0 Å². The van der Waals surface area contributed by atoms with Gasteiger partial charge in [-0.15, -0.1) is 0 Å². The monoisotopic (exact) mass is 260 g/mol. The quantitative estimate of drug-likeness (QED) is 0.718. The Morgan fingerprint density at radius 3 is 2.37 bits per heavy atom. The topological polar surface area (TPSA) is 38.0 Å². The van der Waals surface area contributed by atoms with Gasteiger partial charge in [-0.05, 0) is 55.8 Å². The first-order chi connectivity index (χ1) is 9.40. The molecule has 1 saturated carbocycles. The third-order valence-corrected chi connectivity index (χ3v) is 4.20. The third-order valence-electron chi connectivity index (χ3n) is 4.20. The zero-order chi connectivity index (χ0) is 13.3. The molecule has 0 radical (unpaired) electrons. The van der Waals surface area contributed by atoms with Crippen molar-refractivity contribution in [3.05, 3.63) is 29.8 Å². The highest BCUT2D eigenvalue weighted by Gasteiger charge is 2.14. The van der Waals surface area contributed by atoms with Crippen molar-refractivity contribution in [2.75, 3.05) is 18.4 Å². The zero-order valence-electron chi connectivity index (χ0n) is 12.0. The minimum atomic E-state index is 0.812. The molecule has 2 nitrogen and oxygen atoms in total. The summed E-state index contributed by atoms with van der Waals surface area (Å²) >= 11 is 0. The van der Waals surface area contributed by atoms with Crippen molar-refractivity contribution < 1.29 is 0 Å². The molecule has 3 N–H and O–H groups in total. The van der Waals surface area contributed by atoms with Gasteiger partial charge < -0.3 is 11.1 Å². The molecule has 19 heavy (non-hydrogen) atoms. The lowest BCUT2D eigenvalue weighted by Crippen LogP contribution is -2.06. The van der Waals surface area contributed by atoms with E-state index in [-0.39, 0.29) is 0 Å². The van der Waals surface area contributed by atoms with Crippen LogP contribution in [0.15, 0.2) is 24.3 Å². The summed E-state index contributed by atoms with van der Waals surface area (Å²) in [7, 11) is 0. The molecule has 0 saturated heterocycles. The lowest BCUT2D eigenvalue weighted by molar-refractivity contribution is 0.443. The lowest BCUT2D eigenvalue weighted by atomic mass is 9.84. The Kier molecular flexibility index (Phi) is 6.22. The Hall–Kier alpha value is -1.02. The number of anilines is 1. The highest BCUT2D eigenvalue weighted by Crippen LogP contribution is 2.32. The summed E-state index contributed by atoms with van der Waals surface area (Å²) in [5, 5.41) is 3.49. The standard InChI is InChI=1S/C17H28N2/c18-13-5-2-6-14-19-17-11-9-16(10-12-17)15-7-3-1-4-8-15/h9-12,15,19H,1-8,13-14,18H2. The Morgan fingerprint density at radius 2 is 1.68 bits per heavy atom. The molecule has 0 spiro atoms. The summed E-state index contributed by atoms with van der Waals surface area (Å²) in [6.45, 7) is 1.87. The fourth-order valence-corrected chi connectivity index (χ4v) is 2.99. The maximum atomic E-state index is 5.49. The van der Waals surface area contributed by atoms with Gasteiger partial charge in [-0.2, -0.15) is 0 Å². The van der Waals surface area contributed by atoms with Crippen LogP contribution in [0.4, 0.5) is 5.69 Å². The van der Waals surface area contributed by atoms with Crippen molar-refractivity contribution in [2.45, 2.75) is 57.3 Å². The fourth-order valence-electron chi connectivity index (χ4n) is 2.99. The molecule has 2 rings (SSSR count). The second-order valence-electron chi connectivity index (χ2n) is 5.73. The van der Waals surface area contributed by atoms with Gasteiger partial charge in [0, 0.05) is 12.2 Å². The molecule has 0 aliphatic heterocycles. The van der Waals surface area contributed by atoms with Crippen LogP contribution >= 0.6 is 0 Å². The molecule has 0 bridgehead atoms. The van der Waals surface area contributed by atoms with Gasteiger partial charge in [0.05, 0.1) is 0 Å². The minimum Gasteiger partial charge on any atom is -0.385 e. The maximum absolute atomic E-state index is 5.49. The van der Waals surface area contributed by atoms with Crippen molar-refractivity contribution in [1.82, 2.24) is 0 Å². The molecule has 0 atom stereocenters. The number of hydrogen-bond acceptors (Lipinski definition) is 2. The van der Waals surface area contributed by atoms with Gasteiger partial charge in [0.25, 0.3) is 0 Å².